The molecule has 0 spiro atoms. The third-order valence-corrected chi connectivity index (χ3v) is 12.2. The van der Waals surface area contributed by atoms with Crippen LogP contribution in [0.15, 0.2) is 64.3 Å². The van der Waals surface area contributed by atoms with Crippen LogP contribution in [0.2, 0.25) is 0 Å². The van der Waals surface area contributed by atoms with Crippen molar-refractivity contribution in [2.45, 2.75) is 76.9 Å². The van der Waals surface area contributed by atoms with Gasteiger partial charge in [-0.2, -0.15) is 0 Å². The molecule has 1 aromatic heterocycles. The Balaban J connectivity index is 1.35. The first kappa shape index (κ1) is 30.2. The van der Waals surface area contributed by atoms with Gasteiger partial charge in [0.2, 0.25) is 10.1 Å². The van der Waals surface area contributed by atoms with Crippen LogP contribution in [-0.4, -0.2) is 38.6 Å². The van der Waals surface area contributed by atoms with Crippen molar-refractivity contribution in [1.82, 2.24) is 4.98 Å². The molecule has 6 rings (SSSR count). The zero-order valence-corrected chi connectivity index (χ0v) is 26.2. The van der Waals surface area contributed by atoms with Crippen molar-refractivity contribution in [3.63, 3.8) is 0 Å². The summed E-state index contributed by atoms with van der Waals surface area (Å²) >= 11 is 5.47. The number of aliphatic hydroxyl groups is 1. The SMILES string of the molecule is C[C@]12CC(=CN)C(=Nc3ccc(F)cc3)C=C1CC[C@@H]1CCC3CC[C@](OC(=O)c4nccs4)(C(=O)S)[C@@]3(C)C[C@H](O)C12. The Hall–Kier alpha value is -2.82. The van der Waals surface area contributed by atoms with Crippen LogP contribution in [0.4, 0.5) is 10.1 Å². The highest BCUT2D eigenvalue weighted by molar-refractivity contribution is 7.96. The van der Waals surface area contributed by atoms with Crippen LogP contribution in [0, 0.1) is 34.4 Å². The predicted molar refractivity (Wildman–Crippen MR) is 168 cm³/mol. The summed E-state index contributed by atoms with van der Waals surface area (Å²) in [7, 11) is 0. The topological polar surface area (TPSA) is 115 Å². The zero-order valence-electron chi connectivity index (χ0n) is 24.5. The van der Waals surface area contributed by atoms with Gasteiger partial charge in [-0.15, -0.1) is 24.0 Å². The Morgan fingerprint density at radius 1 is 1.21 bits per heavy atom. The summed E-state index contributed by atoms with van der Waals surface area (Å²) in [6.07, 6.45) is 10.2. The molecule has 0 aliphatic heterocycles. The minimum absolute atomic E-state index is 0.0874. The third-order valence-electron chi connectivity index (χ3n) is 11.1. The van der Waals surface area contributed by atoms with E-state index in [2.05, 4.69) is 30.6 Å². The minimum Gasteiger partial charge on any atom is -0.444 e. The maximum Gasteiger partial charge on any atom is 0.368 e. The van der Waals surface area contributed by atoms with Crippen LogP contribution in [0.3, 0.4) is 0 Å². The normalized spacial score (nSPS) is 37.5. The van der Waals surface area contributed by atoms with E-state index in [9.17, 15) is 19.1 Å². The van der Waals surface area contributed by atoms with E-state index in [0.717, 1.165) is 43.4 Å². The molecule has 4 aliphatic carbocycles. The van der Waals surface area contributed by atoms with Gasteiger partial charge >= 0.3 is 5.97 Å². The molecular weight excluding hydrogens is 586 g/mol. The largest absolute Gasteiger partial charge is 0.444 e. The van der Waals surface area contributed by atoms with Crippen LogP contribution < -0.4 is 5.73 Å². The molecule has 7 atom stereocenters. The number of thiazole rings is 1. The second kappa shape index (κ2) is 11.3. The molecule has 7 nitrogen and oxygen atoms in total. The predicted octanol–water partition coefficient (Wildman–Crippen LogP) is 6.57. The van der Waals surface area contributed by atoms with Crippen LogP contribution in [0.1, 0.15) is 75.0 Å². The monoisotopic (exact) mass is 623 g/mol. The number of benzene rings is 1. The molecule has 0 bridgehead atoms. The molecular formula is C33H38FN3O4S2. The van der Waals surface area contributed by atoms with Gasteiger partial charge in [0, 0.05) is 17.0 Å². The number of thiol groups is 1. The number of esters is 1. The number of aromatic nitrogens is 1. The van der Waals surface area contributed by atoms with E-state index < -0.39 is 28.2 Å². The van der Waals surface area contributed by atoms with Gasteiger partial charge in [0.15, 0.2) is 5.60 Å². The molecule has 0 radical (unpaired) electrons. The van der Waals surface area contributed by atoms with E-state index in [1.807, 2.05) is 6.92 Å². The Morgan fingerprint density at radius 2 is 1.98 bits per heavy atom. The van der Waals surface area contributed by atoms with E-state index >= 15 is 0 Å². The standard InChI is InChI=1S/C33H38FN3O4S2/c1-31-16-20(18-35)25(37-24-9-7-23(34)8-10-24)15-22(31)6-4-19-3-5-21-11-12-33(30(40)42,32(21,2)17-26(38)27(19)31)41-29(39)28-36-13-14-43-28/h7-10,13-15,18-19,21,26-27,38H,3-6,11-12,16-17,35H2,1-2H3,(H,40,42)/t19-,21?,26-,27?,31-,32-,33-/m0/s1. The number of carbonyl (C=O) groups is 2. The van der Waals surface area contributed by atoms with Gasteiger partial charge in [0.1, 0.15) is 5.82 Å². The molecule has 1 heterocycles. The number of nitrogens with zero attached hydrogens (tertiary/aromatic N) is 2. The maximum absolute atomic E-state index is 13.5. The molecule has 228 valence electrons. The van der Waals surface area contributed by atoms with Gasteiger partial charge in [0.25, 0.3) is 0 Å². The molecule has 2 aromatic rings. The lowest BCUT2D eigenvalue weighted by molar-refractivity contribution is -0.153. The number of fused-ring (bicyclic) bond motifs is 4. The Kier molecular flexibility index (Phi) is 7.92. The Morgan fingerprint density at radius 3 is 2.65 bits per heavy atom. The number of nitrogens with two attached hydrogens (primary N) is 1. The molecule has 3 fully saturated rings. The second-order valence-electron chi connectivity index (χ2n) is 13.1. The summed E-state index contributed by atoms with van der Waals surface area (Å²) < 4.78 is 19.6. The maximum atomic E-state index is 13.5. The molecule has 2 unspecified atom stereocenters. The minimum atomic E-state index is -1.45. The zero-order chi connectivity index (χ0) is 30.6. The van der Waals surface area contributed by atoms with Crippen molar-refractivity contribution in [2.75, 3.05) is 0 Å². The average molecular weight is 624 g/mol. The first-order chi connectivity index (χ1) is 20.5. The van der Waals surface area contributed by atoms with Gasteiger partial charge in [0.05, 0.1) is 17.5 Å². The third kappa shape index (κ3) is 4.99. The summed E-state index contributed by atoms with van der Waals surface area (Å²) in [4.78, 5) is 35.4. The first-order valence-electron chi connectivity index (χ1n) is 15.0. The summed E-state index contributed by atoms with van der Waals surface area (Å²) in [5.41, 5.74) is 7.06. The highest BCUT2D eigenvalue weighted by atomic mass is 32.1. The number of hydrogen-bond donors (Lipinski definition) is 3. The number of halogens is 1. The van der Waals surface area contributed by atoms with Crippen molar-refractivity contribution < 1.29 is 23.8 Å². The smallest absolute Gasteiger partial charge is 0.368 e. The van der Waals surface area contributed by atoms with Crippen molar-refractivity contribution in [3.8, 4) is 0 Å². The van der Waals surface area contributed by atoms with Gasteiger partial charge in [-0.05, 0) is 117 Å². The number of allylic oxidation sites excluding steroid dienone is 3. The quantitative estimate of drug-likeness (QED) is 0.262. The number of ether oxygens (including phenoxy) is 1. The lowest BCUT2D eigenvalue weighted by atomic mass is 9.50. The van der Waals surface area contributed by atoms with Crippen molar-refractivity contribution in [3.05, 3.63) is 70.1 Å². The molecule has 4 aliphatic rings. The summed E-state index contributed by atoms with van der Waals surface area (Å²) in [6.45, 7) is 4.21. The van der Waals surface area contributed by atoms with E-state index in [0.29, 0.717) is 30.9 Å². The fraction of sp³-hybridized carbons (Fsp3) is 0.515. The number of carbonyl (C=O) groups excluding carboxylic acids is 2. The first-order valence-corrected chi connectivity index (χ1v) is 16.3. The molecule has 1 aromatic carbocycles. The molecule has 3 N–H and O–H groups in total. The average Bonchev–Trinajstić information content (AvgIpc) is 3.59. The Labute approximate surface area is 260 Å². The second-order valence-corrected chi connectivity index (χ2v) is 14.4. The van der Waals surface area contributed by atoms with Crippen LogP contribution in [0.5, 0.6) is 0 Å². The number of rotatable bonds is 4. The van der Waals surface area contributed by atoms with E-state index in [4.69, 9.17) is 15.5 Å². The number of aliphatic imine (C=N–C) groups is 1. The van der Waals surface area contributed by atoms with Gasteiger partial charge in [-0.3, -0.25) is 4.79 Å². The van der Waals surface area contributed by atoms with Gasteiger partial charge in [-0.1, -0.05) is 19.4 Å². The van der Waals surface area contributed by atoms with Crippen molar-refractivity contribution in [1.29, 1.82) is 0 Å². The summed E-state index contributed by atoms with van der Waals surface area (Å²) in [6, 6.07) is 6.07. The lowest BCUT2D eigenvalue weighted by Crippen LogP contribution is -2.57. The molecule has 43 heavy (non-hydrogen) atoms. The van der Waals surface area contributed by atoms with Gasteiger partial charge < -0.3 is 15.6 Å². The molecule has 0 amide bonds. The van der Waals surface area contributed by atoms with Crippen LogP contribution in [-0.2, 0) is 9.53 Å². The number of hydrogen-bond acceptors (Lipinski definition) is 8. The molecule has 3 saturated carbocycles. The lowest BCUT2D eigenvalue weighted by Gasteiger charge is -2.56. The highest BCUT2D eigenvalue weighted by Crippen LogP contribution is 2.63. The summed E-state index contributed by atoms with van der Waals surface area (Å²) in [5.74, 6) is -0.620. The fourth-order valence-electron chi connectivity index (χ4n) is 8.89. The van der Waals surface area contributed by atoms with Crippen molar-refractivity contribution >= 4 is 46.4 Å². The van der Waals surface area contributed by atoms with Crippen LogP contribution in [0.25, 0.3) is 0 Å². The van der Waals surface area contributed by atoms with E-state index in [-0.39, 0.29) is 28.1 Å². The molecule has 0 saturated heterocycles. The van der Waals surface area contributed by atoms with Gasteiger partial charge in [-0.25, -0.2) is 19.2 Å². The molecule has 10 heteroatoms. The summed E-state index contributed by atoms with van der Waals surface area (Å²) in [5, 5.41) is 13.6. The number of aliphatic hydroxyl groups excluding tert-OH is 1. The van der Waals surface area contributed by atoms with Crippen LogP contribution >= 0.6 is 24.0 Å². The Bertz CT molecular complexity index is 1510. The van der Waals surface area contributed by atoms with Crippen molar-refractivity contribution in [2.24, 2.45) is 39.3 Å². The van der Waals surface area contributed by atoms with E-state index in [1.54, 1.807) is 23.7 Å². The highest BCUT2D eigenvalue weighted by Gasteiger charge is 2.65. The fourth-order valence-corrected chi connectivity index (χ4v) is 9.81. The van der Waals surface area contributed by atoms with E-state index in [1.165, 1.54) is 35.2 Å².